The van der Waals surface area contributed by atoms with Crippen LogP contribution in [0.25, 0.3) is 0 Å². The number of aromatic carboxylic acids is 1. The minimum Gasteiger partial charge on any atom is -0.477 e. The van der Waals surface area contributed by atoms with Gasteiger partial charge in [-0.3, -0.25) is 4.79 Å². The van der Waals surface area contributed by atoms with Crippen LogP contribution >= 0.6 is 11.6 Å². The lowest BCUT2D eigenvalue weighted by atomic mass is 10.0. The predicted octanol–water partition coefficient (Wildman–Crippen LogP) is 1.14. The van der Waals surface area contributed by atoms with Gasteiger partial charge in [-0.1, -0.05) is 18.5 Å². The van der Waals surface area contributed by atoms with Gasteiger partial charge in [0.2, 0.25) is 0 Å². The van der Waals surface area contributed by atoms with Crippen molar-refractivity contribution in [2.75, 3.05) is 25.1 Å². The number of halogens is 1. The van der Waals surface area contributed by atoms with Gasteiger partial charge in [0.15, 0.2) is 16.7 Å². The fourth-order valence-electron chi connectivity index (χ4n) is 3.13. The molecule has 0 aliphatic carbocycles. The van der Waals surface area contributed by atoms with Crippen LogP contribution in [0.15, 0.2) is 12.4 Å². The van der Waals surface area contributed by atoms with Crippen molar-refractivity contribution in [3.63, 3.8) is 0 Å². The van der Waals surface area contributed by atoms with E-state index in [1.807, 2.05) is 11.8 Å². The van der Waals surface area contributed by atoms with Gasteiger partial charge in [0.05, 0.1) is 17.8 Å². The van der Waals surface area contributed by atoms with Crippen LogP contribution < -0.4 is 10.2 Å². The lowest BCUT2D eigenvalue weighted by Gasteiger charge is -2.38. The summed E-state index contributed by atoms with van der Waals surface area (Å²) in [6, 6.07) is 1.19. The van der Waals surface area contributed by atoms with Crippen molar-refractivity contribution in [3.8, 4) is 0 Å². The Balaban J connectivity index is 1.68. The maximum atomic E-state index is 12.5. The molecule has 0 spiro atoms. The van der Waals surface area contributed by atoms with E-state index in [2.05, 4.69) is 25.3 Å². The smallest absolute Gasteiger partial charge is 0.354 e. The average molecular weight is 409 g/mol. The second-order valence-corrected chi connectivity index (χ2v) is 6.72. The molecule has 0 aromatic carbocycles. The van der Waals surface area contributed by atoms with Crippen LogP contribution in [0.4, 0.5) is 5.82 Å². The van der Waals surface area contributed by atoms with Crippen molar-refractivity contribution < 1.29 is 19.4 Å². The summed E-state index contributed by atoms with van der Waals surface area (Å²) in [5, 5.41) is 12.3. The Labute approximate surface area is 166 Å². The van der Waals surface area contributed by atoms with Crippen LogP contribution in [0.3, 0.4) is 0 Å². The molecule has 2 unspecified atom stereocenters. The topological polar surface area (TPSA) is 133 Å². The number of nitrogens with one attached hydrogen (secondary N) is 2. The van der Waals surface area contributed by atoms with E-state index in [1.54, 1.807) is 7.11 Å². The fourth-order valence-corrected chi connectivity index (χ4v) is 3.40. The average Bonchev–Trinajstić information content (AvgIpc) is 3.09. The van der Waals surface area contributed by atoms with Gasteiger partial charge in [0.25, 0.3) is 5.91 Å². The standard InChI is InChI=1S/C17H21ClN6O4/c1-3-9-14(18)23-15(21-9)16(25)22-10-4-5-24(7-12(10)28-2)13-6-11(17(26)27)19-8-20-13/h6,8,10,12H,3-5,7H2,1-2H3,(H,21,23)(H,22,25)(H,26,27). The fraction of sp³-hybridized carbons (Fsp3) is 0.471. The number of carbonyl (C=O) groups is 2. The first-order valence-electron chi connectivity index (χ1n) is 8.81. The van der Waals surface area contributed by atoms with Gasteiger partial charge in [-0.15, -0.1) is 0 Å². The number of carboxylic acids is 1. The van der Waals surface area contributed by atoms with Crippen LogP contribution in [0, 0.1) is 0 Å². The monoisotopic (exact) mass is 408 g/mol. The molecule has 1 aliphatic rings. The lowest BCUT2D eigenvalue weighted by molar-refractivity contribution is 0.0536. The highest BCUT2D eigenvalue weighted by atomic mass is 35.5. The number of hydrogen-bond donors (Lipinski definition) is 3. The molecule has 10 nitrogen and oxygen atoms in total. The molecule has 0 saturated carbocycles. The first kappa shape index (κ1) is 20.0. The summed E-state index contributed by atoms with van der Waals surface area (Å²) in [5.41, 5.74) is 0.638. The van der Waals surface area contributed by atoms with E-state index in [0.29, 0.717) is 42.6 Å². The van der Waals surface area contributed by atoms with Crippen LogP contribution in [-0.2, 0) is 11.2 Å². The van der Waals surface area contributed by atoms with Crippen molar-refractivity contribution in [1.29, 1.82) is 0 Å². The normalized spacial score (nSPS) is 19.5. The summed E-state index contributed by atoms with van der Waals surface area (Å²) in [7, 11) is 1.56. The third-order valence-electron chi connectivity index (χ3n) is 4.67. The number of piperidine rings is 1. The maximum Gasteiger partial charge on any atom is 0.354 e. The van der Waals surface area contributed by atoms with Gasteiger partial charge in [-0.2, -0.15) is 0 Å². The molecule has 28 heavy (non-hydrogen) atoms. The number of ether oxygens (including phenoxy) is 1. The van der Waals surface area contributed by atoms with Gasteiger partial charge in [-0.05, 0) is 12.8 Å². The minimum atomic E-state index is -1.11. The Bertz CT molecular complexity index is 873. The van der Waals surface area contributed by atoms with Crippen LogP contribution in [-0.4, -0.2) is 69.3 Å². The molecule has 3 N–H and O–H groups in total. The summed E-state index contributed by atoms with van der Waals surface area (Å²) in [4.78, 5) is 40.4. The van der Waals surface area contributed by atoms with Crippen molar-refractivity contribution >= 4 is 29.3 Å². The molecule has 3 heterocycles. The third-order valence-corrected chi connectivity index (χ3v) is 4.98. The summed E-state index contributed by atoms with van der Waals surface area (Å²) < 4.78 is 5.55. The predicted molar refractivity (Wildman–Crippen MR) is 101 cm³/mol. The SMILES string of the molecule is CCc1[nH]c(C(=O)NC2CCN(c3cc(C(=O)O)ncn3)CC2OC)nc1Cl. The summed E-state index contributed by atoms with van der Waals surface area (Å²) in [5.74, 6) is -0.791. The number of carboxylic acid groups (broad SMARTS) is 1. The Morgan fingerprint density at radius 1 is 1.46 bits per heavy atom. The molecule has 1 saturated heterocycles. The van der Waals surface area contributed by atoms with Gasteiger partial charge in [-0.25, -0.2) is 19.7 Å². The van der Waals surface area contributed by atoms with E-state index in [0.717, 1.165) is 0 Å². The number of hydrogen-bond acceptors (Lipinski definition) is 7. The van der Waals surface area contributed by atoms with Crippen molar-refractivity contribution in [1.82, 2.24) is 25.3 Å². The molecule has 2 atom stereocenters. The zero-order chi connectivity index (χ0) is 20.3. The summed E-state index contributed by atoms with van der Waals surface area (Å²) in [6.07, 6.45) is 2.15. The number of aromatic nitrogens is 4. The molecule has 150 valence electrons. The van der Waals surface area contributed by atoms with Gasteiger partial charge >= 0.3 is 5.97 Å². The van der Waals surface area contributed by atoms with Crippen molar-refractivity contribution in [2.24, 2.45) is 0 Å². The molecule has 3 rings (SSSR count). The van der Waals surface area contributed by atoms with E-state index >= 15 is 0 Å². The van der Waals surface area contributed by atoms with Gasteiger partial charge in [0, 0.05) is 26.3 Å². The van der Waals surface area contributed by atoms with Crippen molar-refractivity contribution in [2.45, 2.75) is 31.9 Å². The van der Waals surface area contributed by atoms with Gasteiger partial charge in [0.1, 0.15) is 12.1 Å². The van der Waals surface area contributed by atoms with E-state index in [1.165, 1.54) is 12.4 Å². The minimum absolute atomic E-state index is 0.0733. The highest BCUT2D eigenvalue weighted by Crippen LogP contribution is 2.21. The number of aromatic amines is 1. The number of aryl methyl sites for hydroxylation is 1. The molecule has 11 heteroatoms. The number of rotatable bonds is 6. The molecule has 0 radical (unpaired) electrons. The Hall–Kier alpha value is -2.72. The van der Waals surface area contributed by atoms with Crippen molar-refractivity contribution in [3.05, 3.63) is 34.8 Å². The number of carbonyl (C=O) groups excluding carboxylic acids is 1. The van der Waals surface area contributed by atoms with Crippen LogP contribution in [0.5, 0.6) is 0 Å². The van der Waals surface area contributed by atoms with E-state index in [4.69, 9.17) is 21.4 Å². The van der Waals surface area contributed by atoms with E-state index < -0.39 is 5.97 Å². The number of imidazole rings is 1. The molecule has 1 amide bonds. The second-order valence-electron chi connectivity index (χ2n) is 6.36. The lowest BCUT2D eigenvalue weighted by Crippen LogP contribution is -2.55. The highest BCUT2D eigenvalue weighted by molar-refractivity contribution is 6.30. The highest BCUT2D eigenvalue weighted by Gasteiger charge is 2.32. The first-order chi connectivity index (χ1) is 13.4. The zero-order valence-corrected chi connectivity index (χ0v) is 16.2. The third kappa shape index (κ3) is 4.23. The first-order valence-corrected chi connectivity index (χ1v) is 9.19. The molecule has 2 aromatic rings. The number of amides is 1. The quantitative estimate of drug-likeness (QED) is 0.647. The van der Waals surface area contributed by atoms with Crippen LogP contribution in [0.1, 0.15) is 40.1 Å². The zero-order valence-electron chi connectivity index (χ0n) is 15.5. The largest absolute Gasteiger partial charge is 0.477 e. The number of anilines is 1. The number of nitrogens with zero attached hydrogens (tertiary/aromatic N) is 4. The number of H-pyrrole nitrogens is 1. The summed E-state index contributed by atoms with van der Waals surface area (Å²) >= 11 is 6.00. The van der Waals surface area contributed by atoms with E-state index in [9.17, 15) is 9.59 Å². The molecular formula is C17H21ClN6O4. The molecule has 0 bridgehead atoms. The molecule has 2 aromatic heterocycles. The Morgan fingerprint density at radius 2 is 2.25 bits per heavy atom. The molecular weight excluding hydrogens is 388 g/mol. The molecule has 1 fully saturated rings. The van der Waals surface area contributed by atoms with E-state index in [-0.39, 0.29) is 29.6 Å². The summed E-state index contributed by atoms with van der Waals surface area (Å²) in [6.45, 7) is 2.93. The second kappa shape index (κ2) is 8.53. The number of methoxy groups -OCH3 is 1. The molecule has 1 aliphatic heterocycles. The van der Waals surface area contributed by atoms with Crippen LogP contribution in [0.2, 0.25) is 5.15 Å². The van der Waals surface area contributed by atoms with Gasteiger partial charge < -0.3 is 25.0 Å². The Morgan fingerprint density at radius 3 is 2.89 bits per heavy atom. The Kier molecular flexibility index (Phi) is 6.10. The maximum absolute atomic E-state index is 12.5.